The Hall–Kier alpha value is -0.480. The maximum absolute atomic E-state index is 13.9. The molecule has 1 aromatic rings. The zero-order chi connectivity index (χ0) is 13.2. The number of benzene rings is 1. The van der Waals surface area contributed by atoms with Gasteiger partial charge in [0.2, 0.25) is 0 Å². The minimum absolute atomic E-state index is 0.0671. The minimum atomic E-state index is -0.447. The van der Waals surface area contributed by atoms with Crippen LogP contribution in [0.3, 0.4) is 0 Å². The lowest BCUT2D eigenvalue weighted by atomic mass is 9.95. The van der Waals surface area contributed by atoms with Gasteiger partial charge >= 0.3 is 0 Å². The molecular weight excluding hydrogens is 300 g/mol. The molecule has 0 atom stereocenters. The van der Waals surface area contributed by atoms with Crippen molar-refractivity contribution in [1.29, 1.82) is 0 Å². The first-order chi connectivity index (χ1) is 8.58. The van der Waals surface area contributed by atoms with Gasteiger partial charge in [0.25, 0.3) is 0 Å². The highest BCUT2D eigenvalue weighted by Gasteiger charge is 2.43. The monoisotopic (exact) mass is 317 g/mol. The second kappa shape index (κ2) is 5.66. The van der Waals surface area contributed by atoms with Crippen molar-refractivity contribution in [3.05, 3.63) is 33.8 Å². The highest BCUT2D eigenvalue weighted by molar-refractivity contribution is 9.10. The van der Waals surface area contributed by atoms with Gasteiger partial charge in [-0.2, -0.15) is 0 Å². The van der Waals surface area contributed by atoms with Gasteiger partial charge in [-0.05, 0) is 65.7 Å². The molecule has 4 heteroatoms. The highest BCUT2D eigenvalue weighted by Crippen LogP contribution is 2.48. The predicted molar refractivity (Wildman–Crippen MR) is 72.6 cm³/mol. The number of hydrogen-bond acceptors (Lipinski definition) is 1. The molecule has 1 fully saturated rings. The Bertz CT molecular complexity index is 430. The normalized spacial score (nSPS) is 16.9. The topological polar surface area (TPSA) is 12.0 Å². The van der Waals surface area contributed by atoms with Crippen LogP contribution in [-0.4, -0.2) is 13.1 Å². The lowest BCUT2D eigenvalue weighted by Crippen LogP contribution is -2.26. The van der Waals surface area contributed by atoms with E-state index in [0.717, 1.165) is 32.4 Å². The van der Waals surface area contributed by atoms with Gasteiger partial charge in [-0.3, -0.25) is 0 Å². The first kappa shape index (κ1) is 13.9. The Morgan fingerprint density at radius 3 is 2.67 bits per heavy atom. The van der Waals surface area contributed by atoms with Crippen molar-refractivity contribution in [3.8, 4) is 0 Å². The molecule has 1 aromatic carbocycles. The molecule has 1 nitrogen and oxygen atoms in total. The van der Waals surface area contributed by atoms with E-state index in [2.05, 4.69) is 28.2 Å². The fourth-order valence-corrected chi connectivity index (χ4v) is 2.60. The van der Waals surface area contributed by atoms with Crippen molar-refractivity contribution in [3.63, 3.8) is 0 Å². The van der Waals surface area contributed by atoms with Crippen LogP contribution in [0, 0.1) is 17.0 Å². The zero-order valence-electron chi connectivity index (χ0n) is 10.5. The van der Waals surface area contributed by atoms with Crippen molar-refractivity contribution >= 4 is 15.9 Å². The molecule has 2 rings (SSSR count). The highest BCUT2D eigenvalue weighted by atomic mass is 79.9. The third-order valence-electron chi connectivity index (χ3n) is 3.57. The number of hydrogen-bond donors (Lipinski definition) is 1. The first-order valence-corrected chi connectivity index (χ1v) is 7.20. The summed E-state index contributed by atoms with van der Waals surface area (Å²) in [7, 11) is 0. The Labute approximate surface area is 115 Å². The first-order valence-electron chi connectivity index (χ1n) is 6.41. The molecule has 0 aliphatic heterocycles. The van der Waals surface area contributed by atoms with E-state index in [9.17, 15) is 8.78 Å². The maximum atomic E-state index is 13.9. The van der Waals surface area contributed by atoms with Gasteiger partial charge in [0.1, 0.15) is 11.6 Å². The van der Waals surface area contributed by atoms with Crippen LogP contribution in [0.2, 0.25) is 0 Å². The van der Waals surface area contributed by atoms with Crippen LogP contribution in [0.4, 0.5) is 8.78 Å². The maximum Gasteiger partial charge on any atom is 0.143 e. The second-order valence-corrected chi connectivity index (χ2v) is 6.03. The minimum Gasteiger partial charge on any atom is -0.316 e. The molecule has 0 unspecified atom stereocenters. The van der Waals surface area contributed by atoms with E-state index in [1.165, 1.54) is 12.1 Å². The summed E-state index contributed by atoms with van der Waals surface area (Å²) in [6.45, 7) is 3.93. The van der Waals surface area contributed by atoms with Crippen LogP contribution in [0.25, 0.3) is 0 Å². The Balaban J connectivity index is 2.07. The summed E-state index contributed by atoms with van der Waals surface area (Å²) in [4.78, 5) is 0. The largest absolute Gasteiger partial charge is 0.316 e. The lowest BCUT2D eigenvalue weighted by Gasteiger charge is -2.17. The van der Waals surface area contributed by atoms with E-state index in [1.807, 2.05) is 0 Å². The van der Waals surface area contributed by atoms with Crippen LogP contribution < -0.4 is 5.32 Å². The molecule has 0 bridgehead atoms. The average molecular weight is 318 g/mol. The van der Waals surface area contributed by atoms with Crippen molar-refractivity contribution in [1.82, 2.24) is 5.32 Å². The lowest BCUT2D eigenvalue weighted by molar-refractivity contribution is 0.432. The molecule has 1 N–H and O–H groups in total. The fourth-order valence-electron chi connectivity index (χ4n) is 2.23. The van der Waals surface area contributed by atoms with E-state index in [1.54, 1.807) is 0 Å². The summed E-state index contributed by atoms with van der Waals surface area (Å²) in [6.07, 6.45) is 3.67. The molecule has 0 amide bonds. The van der Waals surface area contributed by atoms with E-state index in [4.69, 9.17) is 0 Å². The van der Waals surface area contributed by atoms with Gasteiger partial charge in [0.15, 0.2) is 0 Å². The Kier molecular flexibility index (Phi) is 4.38. The van der Waals surface area contributed by atoms with Crippen LogP contribution in [0.15, 0.2) is 16.6 Å². The van der Waals surface area contributed by atoms with Gasteiger partial charge in [-0.25, -0.2) is 8.78 Å². The summed E-state index contributed by atoms with van der Waals surface area (Å²) >= 11 is 3.11. The van der Waals surface area contributed by atoms with Gasteiger partial charge < -0.3 is 5.32 Å². The number of halogens is 3. The molecule has 0 radical (unpaired) electrons. The summed E-state index contributed by atoms with van der Waals surface area (Å²) in [5, 5.41) is 3.36. The van der Waals surface area contributed by atoms with Crippen molar-refractivity contribution in [2.45, 2.75) is 32.6 Å². The summed E-state index contributed by atoms with van der Waals surface area (Å²) in [5.74, 6) is -0.880. The molecule has 18 heavy (non-hydrogen) atoms. The van der Waals surface area contributed by atoms with Crippen LogP contribution >= 0.6 is 15.9 Å². The number of nitrogens with one attached hydrogen (secondary N) is 1. The van der Waals surface area contributed by atoms with Crippen LogP contribution in [-0.2, 0) is 6.42 Å². The van der Waals surface area contributed by atoms with E-state index in [-0.39, 0.29) is 11.0 Å². The average Bonchev–Trinajstić information content (AvgIpc) is 3.11. The van der Waals surface area contributed by atoms with Crippen LogP contribution in [0.1, 0.15) is 31.7 Å². The third kappa shape index (κ3) is 3.09. The van der Waals surface area contributed by atoms with Crippen molar-refractivity contribution in [2.75, 3.05) is 13.1 Å². The van der Waals surface area contributed by atoms with E-state index >= 15 is 0 Å². The third-order valence-corrected chi connectivity index (χ3v) is 4.19. The SMILES string of the molecule is CCCNCC1(Cc2c(F)ccc(Br)c2F)CC1. The van der Waals surface area contributed by atoms with Gasteiger partial charge in [0, 0.05) is 12.1 Å². The number of rotatable bonds is 6. The molecule has 1 aliphatic rings. The molecule has 100 valence electrons. The summed E-state index contributed by atoms with van der Waals surface area (Å²) in [5.41, 5.74) is 0.289. The van der Waals surface area contributed by atoms with E-state index in [0.29, 0.717) is 10.9 Å². The molecular formula is C14H18BrF2N. The standard InChI is InChI=1S/C14H18BrF2N/c1-2-7-18-9-14(5-6-14)8-10-12(16)4-3-11(15)13(10)17/h3-4,18H,2,5-9H2,1H3. The summed E-state index contributed by atoms with van der Waals surface area (Å²) < 4.78 is 27.9. The predicted octanol–water partition coefficient (Wildman–Crippen LogP) is 4.05. The summed E-state index contributed by atoms with van der Waals surface area (Å²) in [6, 6.07) is 2.75. The molecule has 0 spiro atoms. The fraction of sp³-hybridized carbons (Fsp3) is 0.571. The molecule has 0 heterocycles. The quantitative estimate of drug-likeness (QED) is 0.616. The molecule has 1 saturated carbocycles. The zero-order valence-corrected chi connectivity index (χ0v) is 12.1. The van der Waals surface area contributed by atoms with Crippen molar-refractivity contribution < 1.29 is 8.78 Å². The van der Waals surface area contributed by atoms with E-state index < -0.39 is 11.6 Å². The van der Waals surface area contributed by atoms with Gasteiger partial charge in [-0.1, -0.05) is 6.92 Å². The van der Waals surface area contributed by atoms with Crippen molar-refractivity contribution in [2.24, 2.45) is 5.41 Å². The smallest absolute Gasteiger partial charge is 0.143 e. The van der Waals surface area contributed by atoms with Crippen LogP contribution in [0.5, 0.6) is 0 Å². The Morgan fingerprint density at radius 2 is 2.06 bits per heavy atom. The Morgan fingerprint density at radius 1 is 1.33 bits per heavy atom. The molecule has 0 aromatic heterocycles. The molecule has 1 aliphatic carbocycles. The van der Waals surface area contributed by atoms with Gasteiger partial charge in [-0.15, -0.1) is 0 Å². The molecule has 0 saturated heterocycles. The van der Waals surface area contributed by atoms with Gasteiger partial charge in [0.05, 0.1) is 4.47 Å². The second-order valence-electron chi connectivity index (χ2n) is 5.18.